The van der Waals surface area contributed by atoms with Crippen LogP contribution in [0.2, 0.25) is 0 Å². The molecule has 6 nitrogen and oxygen atoms in total. The maximum Gasteiger partial charge on any atom is 0.264 e. The number of aromatic nitrogens is 1. The highest BCUT2D eigenvalue weighted by molar-refractivity contribution is 7.92. The van der Waals surface area contributed by atoms with Crippen molar-refractivity contribution in [2.75, 3.05) is 17.8 Å². The Kier molecular flexibility index (Phi) is 5.42. The van der Waals surface area contributed by atoms with Crippen molar-refractivity contribution in [3.63, 3.8) is 0 Å². The van der Waals surface area contributed by atoms with Crippen LogP contribution in [0.1, 0.15) is 65.0 Å². The van der Waals surface area contributed by atoms with Crippen molar-refractivity contribution >= 4 is 21.6 Å². The number of hydrogen-bond donors (Lipinski definition) is 2. The minimum Gasteiger partial charge on any atom is -0.361 e. The molecule has 7 heteroatoms. The smallest absolute Gasteiger partial charge is 0.264 e. The summed E-state index contributed by atoms with van der Waals surface area (Å²) in [5.74, 6) is -0.193. The fraction of sp³-hybridized carbons (Fsp3) is 0.500. The fourth-order valence-electron chi connectivity index (χ4n) is 4.68. The number of anilines is 1. The zero-order chi connectivity index (χ0) is 20.6. The van der Waals surface area contributed by atoms with E-state index in [1.165, 1.54) is 5.56 Å². The maximum absolute atomic E-state index is 13.4. The minimum atomic E-state index is -3.90. The molecule has 0 bridgehead atoms. The Bertz CT molecular complexity index is 1030. The van der Waals surface area contributed by atoms with Gasteiger partial charge in [0.15, 0.2) is 0 Å². The van der Waals surface area contributed by atoms with Crippen LogP contribution in [0.3, 0.4) is 0 Å². The van der Waals surface area contributed by atoms with E-state index in [9.17, 15) is 13.2 Å². The highest BCUT2D eigenvalue weighted by Gasteiger charge is 2.32. The molecule has 0 unspecified atom stereocenters. The molecular weight excluding hydrogens is 386 g/mol. The van der Waals surface area contributed by atoms with E-state index in [-0.39, 0.29) is 16.4 Å². The van der Waals surface area contributed by atoms with Crippen molar-refractivity contribution in [3.05, 3.63) is 46.3 Å². The summed E-state index contributed by atoms with van der Waals surface area (Å²) in [6, 6.07) is 5.79. The Morgan fingerprint density at radius 2 is 1.72 bits per heavy atom. The summed E-state index contributed by atoms with van der Waals surface area (Å²) in [5, 5.41) is 0. The molecule has 2 N–H and O–H groups in total. The molecule has 1 amide bonds. The number of piperidine rings is 1. The zero-order valence-electron chi connectivity index (χ0n) is 17.2. The van der Waals surface area contributed by atoms with Gasteiger partial charge in [-0.05, 0) is 76.0 Å². The fourth-order valence-corrected chi connectivity index (χ4v) is 6.23. The van der Waals surface area contributed by atoms with E-state index < -0.39 is 10.0 Å². The van der Waals surface area contributed by atoms with Gasteiger partial charge in [0, 0.05) is 24.5 Å². The molecule has 0 saturated carbocycles. The maximum atomic E-state index is 13.4. The van der Waals surface area contributed by atoms with Crippen LogP contribution >= 0.6 is 0 Å². The van der Waals surface area contributed by atoms with Gasteiger partial charge in [0.1, 0.15) is 4.90 Å². The Balaban J connectivity index is 1.72. The number of hydrogen-bond acceptors (Lipinski definition) is 3. The predicted molar refractivity (Wildman–Crippen MR) is 114 cm³/mol. The van der Waals surface area contributed by atoms with E-state index >= 15 is 0 Å². The lowest BCUT2D eigenvalue weighted by Gasteiger charge is -2.27. The molecule has 1 fully saturated rings. The van der Waals surface area contributed by atoms with Gasteiger partial charge in [-0.25, -0.2) is 8.42 Å². The zero-order valence-corrected chi connectivity index (χ0v) is 18.0. The van der Waals surface area contributed by atoms with E-state index in [4.69, 9.17) is 0 Å². The third kappa shape index (κ3) is 3.80. The number of carbonyl (C=O) groups is 1. The molecule has 4 rings (SSSR count). The van der Waals surface area contributed by atoms with E-state index in [0.29, 0.717) is 30.2 Å². The lowest BCUT2D eigenvalue weighted by Crippen LogP contribution is -2.36. The first-order chi connectivity index (χ1) is 13.9. The number of likely N-dealkylation sites (tertiary alicyclic amines) is 1. The Morgan fingerprint density at radius 1 is 1.00 bits per heavy atom. The van der Waals surface area contributed by atoms with Crippen molar-refractivity contribution < 1.29 is 13.2 Å². The molecule has 0 radical (unpaired) electrons. The number of H-pyrrole nitrogens is 1. The Labute approximate surface area is 172 Å². The first kappa shape index (κ1) is 20.0. The topological polar surface area (TPSA) is 82.3 Å². The summed E-state index contributed by atoms with van der Waals surface area (Å²) in [7, 11) is -3.90. The molecule has 2 heterocycles. The third-order valence-electron chi connectivity index (χ3n) is 6.08. The lowest BCUT2D eigenvalue weighted by molar-refractivity contribution is 0.0720. The largest absolute Gasteiger partial charge is 0.361 e. The van der Waals surface area contributed by atoms with Gasteiger partial charge in [-0.3, -0.25) is 9.52 Å². The van der Waals surface area contributed by atoms with Gasteiger partial charge >= 0.3 is 0 Å². The summed E-state index contributed by atoms with van der Waals surface area (Å²) in [5.41, 5.74) is 4.31. The molecule has 2 aromatic rings. The summed E-state index contributed by atoms with van der Waals surface area (Å²) >= 11 is 0. The number of nitrogens with zero attached hydrogens (tertiary/aromatic N) is 1. The van der Waals surface area contributed by atoms with Crippen molar-refractivity contribution in [1.82, 2.24) is 9.88 Å². The standard InChI is InChI=1S/C22H29N3O3S/c1-15-20(22(26)25-13-6-3-7-14-25)21(16(2)23-15)29(27,28)24-19-12-8-10-17-9-4-5-11-18(17)19/h8,10,12,23-24H,3-7,9,11,13-14H2,1-2H3. The second-order valence-corrected chi connectivity index (χ2v) is 9.81. The Hall–Kier alpha value is -2.28. The van der Waals surface area contributed by atoms with Crippen LogP contribution in [0.15, 0.2) is 23.1 Å². The van der Waals surface area contributed by atoms with Crippen molar-refractivity contribution in [1.29, 1.82) is 0 Å². The first-order valence-electron chi connectivity index (χ1n) is 10.5. The second-order valence-electron chi connectivity index (χ2n) is 8.19. The quantitative estimate of drug-likeness (QED) is 0.794. The average molecular weight is 416 g/mol. The number of carbonyl (C=O) groups excluding carboxylic acids is 1. The van der Waals surface area contributed by atoms with Crippen molar-refractivity contribution in [2.45, 2.75) is 63.7 Å². The minimum absolute atomic E-state index is 0.0824. The van der Waals surface area contributed by atoms with E-state index in [2.05, 4.69) is 15.8 Å². The van der Waals surface area contributed by atoms with Crippen LogP contribution in [0.25, 0.3) is 0 Å². The van der Waals surface area contributed by atoms with Gasteiger partial charge in [0.2, 0.25) is 0 Å². The first-order valence-corrected chi connectivity index (χ1v) is 12.0. The van der Waals surface area contributed by atoms with Gasteiger partial charge in [-0.2, -0.15) is 0 Å². The molecule has 1 aliphatic carbocycles. The number of rotatable bonds is 4. The molecule has 1 aromatic heterocycles. The predicted octanol–water partition coefficient (Wildman–Crippen LogP) is 3.94. The van der Waals surface area contributed by atoms with Crippen molar-refractivity contribution in [2.24, 2.45) is 0 Å². The summed E-state index contributed by atoms with van der Waals surface area (Å²) in [6.07, 6.45) is 7.08. The number of amides is 1. The number of aromatic amines is 1. The number of aryl methyl sites for hydroxylation is 3. The van der Waals surface area contributed by atoms with Crippen LogP contribution in [-0.2, 0) is 22.9 Å². The summed E-state index contributed by atoms with van der Waals surface area (Å²) in [6.45, 7) is 4.85. The van der Waals surface area contributed by atoms with Gasteiger partial charge < -0.3 is 9.88 Å². The molecular formula is C22H29N3O3S. The molecule has 0 atom stereocenters. The van der Waals surface area contributed by atoms with Crippen LogP contribution < -0.4 is 4.72 Å². The van der Waals surface area contributed by atoms with E-state index in [1.54, 1.807) is 18.7 Å². The molecule has 1 aromatic carbocycles. The van der Waals surface area contributed by atoms with Gasteiger partial charge in [0.05, 0.1) is 11.3 Å². The number of benzene rings is 1. The molecule has 1 aliphatic heterocycles. The number of fused-ring (bicyclic) bond motifs is 1. The second kappa shape index (κ2) is 7.86. The summed E-state index contributed by atoms with van der Waals surface area (Å²) in [4.78, 5) is 18.1. The van der Waals surface area contributed by atoms with Crippen molar-refractivity contribution in [3.8, 4) is 0 Å². The number of sulfonamides is 1. The van der Waals surface area contributed by atoms with Crippen LogP contribution in [0.4, 0.5) is 5.69 Å². The highest BCUT2D eigenvalue weighted by Crippen LogP contribution is 2.32. The van der Waals surface area contributed by atoms with Gasteiger partial charge in [-0.15, -0.1) is 0 Å². The van der Waals surface area contributed by atoms with E-state index in [1.807, 2.05) is 12.1 Å². The molecule has 0 spiro atoms. The van der Waals surface area contributed by atoms with Crippen LogP contribution in [0, 0.1) is 13.8 Å². The third-order valence-corrected chi connectivity index (χ3v) is 7.62. The summed E-state index contributed by atoms with van der Waals surface area (Å²) < 4.78 is 29.7. The SMILES string of the molecule is Cc1[nH]c(C)c(S(=O)(=O)Nc2cccc3c2CCCC3)c1C(=O)N1CCCCC1. The average Bonchev–Trinajstić information content (AvgIpc) is 3.03. The lowest BCUT2D eigenvalue weighted by atomic mass is 9.91. The molecule has 156 valence electrons. The normalized spacial score (nSPS) is 17.1. The van der Waals surface area contributed by atoms with Crippen LogP contribution in [0.5, 0.6) is 0 Å². The van der Waals surface area contributed by atoms with Gasteiger partial charge in [0.25, 0.3) is 15.9 Å². The number of nitrogens with one attached hydrogen (secondary N) is 2. The van der Waals surface area contributed by atoms with Crippen LogP contribution in [-0.4, -0.2) is 37.3 Å². The monoisotopic (exact) mass is 415 g/mol. The van der Waals surface area contributed by atoms with E-state index in [0.717, 1.165) is 50.5 Å². The molecule has 29 heavy (non-hydrogen) atoms. The van der Waals surface area contributed by atoms with Gasteiger partial charge in [-0.1, -0.05) is 12.1 Å². The highest BCUT2D eigenvalue weighted by atomic mass is 32.2. The molecule has 2 aliphatic rings. The Morgan fingerprint density at radius 3 is 2.48 bits per heavy atom. The molecule has 1 saturated heterocycles.